The van der Waals surface area contributed by atoms with Gasteiger partial charge in [-0.25, -0.2) is 14.8 Å². The topological polar surface area (TPSA) is 226 Å². The Morgan fingerprint density at radius 2 is 0.686 bits per heavy atom. The van der Waals surface area contributed by atoms with Crippen LogP contribution in [0.3, 0.4) is 0 Å². The number of ether oxygens (including phenoxy) is 2. The number of nitrogens with zero attached hydrogens (tertiary/aromatic N) is 4. The van der Waals surface area contributed by atoms with E-state index in [0.717, 1.165) is 0 Å². The minimum absolute atomic E-state index is 0. The van der Waals surface area contributed by atoms with E-state index < -0.39 is 29.6 Å². The molecular formula is C69H42CoN8O8. The molecule has 0 fully saturated rings. The first-order valence-corrected chi connectivity index (χ1v) is 27.1. The molecule has 16 nitrogen and oxygen atoms in total. The number of anilines is 4. The summed E-state index contributed by atoms with van der Waals surface area (Å²) in [5.74, 6) is -3.45. The SMILES string of the molecule is O=C1Nc2ccccc2-c2c3nc(c4c5ccc([n-]5)c5c6nc(c(c7ccc2[n-]7)-c2ccccc2NC(=O)c2cc(cc1c2)OCc1cccc(c1C(=O)O)COc1cc(cc(c1)C(=O)Nc1ccccc1-5)C(=O)Nc1ccccc1-4)C=C6)C=C3.[Co+2]. The van der Waals surface area contributed by atoms with Gasteiger partial charge >= 0.3 is 22.7 Å². The zero-order chi connectivity index (χ0) is 57.4. The van der Waals surface area contributed by atoms with E-state index in [0.29, 0.717) is 112 Å². The smallest absolute Gasteiger partial charge is 0.657 e. The molecule has 0 aliphatic carbocycles. The normalized spacial score (nSPS) is 13.6. The number of hydrogen-bond donors (Lipinski definition) is 5. The summed E-state index contributed by atoms with van der Waals surface area (Å²) < 4.78 is 12.8. The van der Waals surface area contributed by atoms with Crippen LogP contribution in [0.2, 0.25) is 0 Å². The molecule has 5 N–H and O–H groups in total. The third-order valence-electron chi connectivity index (χ3n) is 15.5. The number of nitrogens with one attached hydrogen (secondary N) is 4. The Bertz CT molecular complexity index is 4340. The number of amides is 4. The van der Waals surface area contributed by atoms with Crippen LogP contribution in [0.1, 0.15) is 85.7 Å². The number of carboxylic acids is 1. The second kappa shape index (κ2) is 21.1. The predicted molar refractivity (Wildman–Crippen MR) is 325 cm³/mol. The second-order valence-corrected chi connectivity index (χ2v) is 20.7. The van der Waals surface area contributed by atoms with Crippen molar-refractivity contribution >= 4 is 98.7 Å². The third kappa shape index (κ3) is 9.25. The number of carbonyl (C=O) groups is 5. The van der Waals surface area contributed by atoms with Crippen LogP contribution in [0.25, 0.3) is 90.9 Å². The van der Waals surface area contributed by atoms with Crippen molar-refractivity contribution in [1.29, 1.82) is 0 Å². The van der Waals surface area contributed by atoms with E-state index in [1.54, 1.807) is 66.7 Å². The average Bonchev–Trinajstić information content (AvgIpc) is 3.39. The van der Waals surface area contributed by atoms with Crippen molar-refractivity contribution in [3.8, 4) is 56.0 Å². The van der Waals surface area contributed by atoms with E-state index in [1.165, 1.54) is 36.4 Å². The molecule has 4 amide bonds. The molecule has 16 rings (SSSR count). The molecule has 20 bridgehead atoms. The van der Waals surface area contributed by atoms with Crippen molar-refractivity contribution in [1.82, 2.24) is 19.9 Å². The van der Waals surface area contributed by atoms with Gasteiger partial charge < -0.3 is 45.8 Å². The second-order valence-electron chi connectivity index (χ2n) is 20.7. The molecule has 0 saturated heterocycles. The number of aromatic nitrogens is 4. The maximum atomic E-state index is 15.0. The Kier molecular flexibility index (Phi) is 12.9. The summed E-state index contributed by atoms with van der Waals surface area (Å²) in [6, 6.07) is 50.5. The first-order chi connectivity index (χ1) is 41.5. The zero-order valence-corrected chi connectivity index (χ0v) is 45.9. The van der Waals surface area contributed by atoms with Crippen LogP contribution in [0.4, 0.5) is 22.7 Å². The van der Waals surface area contributed by atoms with Crippen molar-refractivity contribution in [3.63, 3.8) is 0 Å². The van der Waals surface area contributed by atoms with E-state index in [2.05, 4.69) is 21.3 Å². The largest absolute Gasteiger partial charge is 2.00 e. The fourth-order valence-electron chi connectivity index (χ4n) is 11.6. The van der Waals surface area contributed by atoms with Crippen LogP contribution in [0, 0.1) is 0 Å². The summed E-state index contributed by atoms with van der Waals surface area (Å²) in [4.78, 5) is 95.0. The van der Waals surface area contributed by atoms with E-state index in [4.69, 9.17) is 29.4 Å². The van der Waals surface area contributed by atoms with Gasteiger partial charge in [0, 0.05) is 78.4 Å². The summed E-state index contributed by atoms with van der Waals surface area (Å²) in [6.45, 7) is -0.629. The number of rotatable bonds is 1. The third-order valence-corrected chi connectivity index (χ3v) is 15.5. The van der Waals surface area contributed by atoms with Gasteiger partial charge in [-0.05, 0) is 107 Å². The van der Waals surface area contributed by atoms with Gasteiger partial charge in [0.05, 0.1) is 28.3 Å². The fourth-order valence-corrected chi connectivity index (χ4v) is 11.6. The van der Waals surface area contributed by atoms with E-state index >= 15 is 0 Å². The minimum Gasteiger partial charge on any atom is -0.657 e. The summed E-state index contributed by atoms with van der Waals surface area (Å²) in [5.41, 5.74) is 10.5. The van der Waals surface area contributed by atoms with E-state index in [1.807, 2.05) is 97.1 Å². The number of benzene rings is 7. The van der Waals surface area contributed by atoms with E-state index in [9.17, 15) is 29.1 Å². The van der Waals surface area contributed by atoms with Crippen LogP contribution in [0.15, 0.2) is 176 Å². The van der Waals surface area contributed by atoms with Gasteiger partial charge in [-0.3, -0.25) is 19.2 Å². The average molecular weight is 1170 g/mol. The Hall–Kier alpha value is -11.4. The number of fused-ring (bicyclic) bond motifs is 6. The molecule has 415 valence electrons. The molecule has 6 aliphatic rings. The molecule has 0 unspecified atom stereocenters. The van der Waals surface area contributed by atoms with Crippen molar-refractivity contribution < 1.29 is 55.3 Å². The molecule has 1 radical (unpaired) electrons. The number of hydrogen-bond acceptors (Lipinski definition) is 9. The van der Waals surface area contributed by atoms with Gasteiger partial charge in [-0.2, -0.15) is 0 Å². The van der Waals surface area contributed by atoms with Gasteiger partial charge in [0.2, 0.25) is 0 Å². The van der Waals surface area contributed by atoms with Gasteiger partial charge in [-0.15, -0.1) is 22.1 Å². The standard InChI is InChI=1S/C69H44N8O8.Co/c78-65-38-28-39-31-42(30-38)84-34-36-10-9-11-37(60(36)69(82)83)35-85-43-32-40-29-41(33-43)68(81)77-51-19-8-4-15-47(51)64-55-23-22-54(71-55)63(46-14-3-7-18-50(46)76-67(40)80)57-25-24-56(72-57)61(44-12-1-5-16-48(44)74-65)52-20-21-53(70-52)62(58-26-27-59(64)73-58)45-13-2-6-17-49(45)75-66(39)79;/h1-33H,34-35H2,(H7,70,71,72,73,74,75,76,77,78,79,80,81,82,83);/q;+2/p-2. The molecule has 0 spiro atoms. The van der Waals surface area contributed by atoms with Crippen molar-refractivity contribution in [3.05, 3.63) is 238 Å². The maximum Gasteiger partial charge on any atom is 2.00 e. The number of para-hydroxylation sites is 4. The Morgan fingerprint density at radius 3 is 0.977 bits per heavy atom. The summed E-state index contributed by atoms with van der Waals surface area (Å²) in [6.07, 6.45) is 7.55. The predicted octanol–water partition coefficient (Wildman–Crippen LogP) is 13.4. The van der Waals surface area contributed by atoms with Crippen LogP contribution in [-0.2, 0) is 30.0 Å². The van der Waals surface area contributed by atoms with Crippen LogP contribution in [0.5, 0.6) is 11.5 Å². The minimum atomic E-state index is -1.28. The molecule has 3 aromatic heterocycles. The van der Waals surface area contributed by atoms with Crippen LogP contribution in [-0.4, -0.2) is 44.7 Å². The first-order valence-electron chi connectivity index (χ1n) is 27.1. The van der Waals surface area contributed by atoms with Gasteiger partial charge in [0.1, 0.15) is 24.7 Å². The molecule has 10 aromatic rings. The summed E-state index contributed by atoms with van der Waals surface area (Å²) >= 11 is 0. The molecule has 6 aliphatic heterocycles. The van der Waals surface area contributed by atoms with Crippen LogP contribution < -0.4 is 40.7 Å². The number of carboxylic acid groups (broad SMARTS) is 1. The summed E-state index contributed by atoms with van der Waals surface area (Å²) in [7, 11) is 0. The van der Waals surface area contributed by atoms with Crippen molar-refractivity contribution in [2.75, 3.05) is 21.3 Å². The molecular weight excluding hydrogens is 1130 g/mol. The molecule has 9 heterocycles. The van der Waals surface area contributed by atoms with Crippen molar-refractivity contribution in [2.24, 2.45) is 0 Å². The van der Waals surface area contributed by atoms with Gasteiger partial charge in [-0.1, -0.05) is 115 Å². The van der Waals surface area contributed by atoms with Crippen molar-refractivity contribution in [2.45, 2.75) is 13.2 Å². The summed E-state index contributed by atoms with van der Waals surface area (Å²) in [5, 5.41) is 23.4. The maximum absolute atomic E-state index is 15.0. The zero-order valence-electron chi connectivity index (χ0n) is 44.9. The van der Waals surface area contributed by atoms with Gasteiger partial charge in [0.25, 0.3) is 23.6 Å². The Morgan fingerprint density at radius 1 is 0.395 bits per heavy atom. The number of carbonyl (C=O) groups excluding carboxylic acids is 4. The molecule has 7 aromatic carbocycles. The van der Waals surface area contributed by atoms with Crippen LogP contribution >= 0.6 is 0 Å². The molecule has 0 saturated carbocycles. The first kappa shape index (κ1) is 52.7. The van der Waals surface area contributed by atoms with Gasteiger partial charge in [0.15, 0.2) is 0 Å². The Balaban J connectivity index is 0.00000653. The van der Waals surface area contributed by atoms with E-state index in [-0.39, 0.29) is 80.4 Å². The quantitative estimate of drug-likeness (QED) is 0.103. The fraction of sp³-hybridized carbons (Fsp3) is 0.0290. The number of aromatic carboxylic acids is 1. The monoisotopic (exact) mass is 1170 g/mol. The molecule has 86 heavy (non-hydrogen) atoms. The molecule has 17 heteroatoms. The molecule has 0 atom stereocenters. The Labute approximate surface area is 499 Å².